The molecule has 0 heterocycles. The van der Waals surface area contributed by atoms with Gasteiger partial charge in [-0.05, 0) is 42.7 Å². The van der Waals surface area contributed by atoms with Gasteiger partial charge >= 0.3 is 0 Å². The van der Waals surface area contributed by atoms with Crippen molar-refractivity contribution in [3.05, 3.63) is 69.7 Å². The standard InChI is InChI=1S/C15H12BrClF2/c1-9-5-6-10(7-15(9)19)12(16)8-11-13(17)3-2-4-14(11)18/h2-7,12H,8H2,1H3. The summed E-state index contributed by atoms with van der Waals surface area (Å²) in [5.74, 6) is -0.605. The Morgan fingerprint density at radius 1 is 1.16 bits per heavy atom. The molecule has 0 radical (unpaired) electrons. The van der Waals surface area contributed by atoms with Crippen LogP contribution in [0.15, 0.2) is 36.4 Å². The molecule has 0 amide bonds. The Bertz CT molecular complexity index is 578. The molecule has 2 aromatic carbocycles. The zero-order valence-electron chi connectivity index (χ0n) is 10.3. The van der Waals surface area contributed by atoms with Crippen LogP contribution in [0.25, 0.3) is 0 Å². The van der Waals surface area contributed by atoms with Crippen molar-refractivity contribution in [1.29, 1.82) is 0 Å². The average molecular weight is 346 g/mol. The molecule has 100 valence electrons. The third-order valence-corrected chi connectivity index (χ3v) is 4.21. The third-order valence-electron chi connectivity index (χ3n) is 3.00. The second-order valence-electron chi connectivity index (χ2n) is 4.38. The fourth-order valence-electron chi connectivity index (χ4n) is 1.83. The van der Waals surface area contributed by atoms with Crippen molar-refractivity contribution < 1.29 is 8.78 Å². The monoisotopic (exact) mass is 344 g/mol. The molecule has 0 spiro atoms. The first-order valence-corrected chi connectivity index (χ1v) is 7.11. The van der Waals surface area contributed by atoms with E-state index >= 15 is 0 Å². The highest BCUT2D eigenvalue weighted by Crippen LogP contribution is 2.31. The van der Waals surface area contributed by atoms with Crippen LogP contribution in [0.3, 0.4) is 0 Å². The Morgan fingerprint density at radius 3 is 2.53 bits per heavy atom. The molecule has 19 heavy (non-hydrogen) atoms. The van der Waals surface area contributed by atoms with Gasteiger partial charge in [0.15, 0.2) is 0 Å². The number of halogens is 4. The SMILES string of the molecule is Cc1ccc(C(Br)Cc2c(F)cccc2Cl)cc1F. The Kier molecular flexibility index (Phi) is 4.58. The molecule has 0 saturated heterocycles. The molecular weight excluding hydrogens is 334 g/mol. The van der Waals surface area contributed by atoms with Crippen LogP contribution in [0.2, 0.25) is 5.02 Å². The van der Waals surface area contributed by atoms with E-state index in [0.29, 0.717) is 22.6 Å². The summed E-state index contributed by atoms with van der Waals surface area (Å²) in [6, 6.07) is 9.58. The Morgan fingerprint density at radius 2 is 1.89 bits per heavy atom. The molecule has 0 nitrogen and oxygen atoms in total. The van der Waals surface area contributed by atoms with Gasteiger partial charge in [0.25, 0.3) is 0 Å². The molecule has 0 aromatic heterocycles. The predicted octanol–water partition coefficient (Wildman–Crippen LogP) is 5.61. The van der Waals surface area contributed by atoms with Gasteiger partial charge in [0.2, 0.25) is 0 Å². The third kappa shape index (κ3) is 3.34. The van der Waals surface area contributed by atoms with Crippen LogP contribution in [0.5, 0.6) is 0 Å². The van der Waals surface area contributed by atoms with Crippen molar-refractivity contribution >= 4 is 27.5 Å². The summed E-state index contributed by atoms with van der Waals surface area (Å²) in [5, 5.41) is 0.386. The molecule has 0 aliphatic rings. The van der Waals surface area contributed by atoms with Gasteiger partial charge in [-0.2, -0.15) is 0 Å². The minimum absolute atomic E-state index is 0.183. The Balaban J connectivity index is 2.25. The first kappa shape index (κ1) is 14.5. The first-order chi connectivity index (χ1) is 8.99. The largest absolute Gasteiger partial charge is 0.207 e. The Labute approximate surface area is 124 Å². The maximum Gasteiger partial charge on any atom is 0.127 e. The van der Waals surface area contributed by atoms with E-state index in [1.54, 1.807) is 25.1 Å². The number of aryl methyl sites for hydroxylation is 1. The zero-order valence-corrected chi connectivity index (χ0v) is 12.6. The number of alkyl halides is 1. The van der Waals surface area contributed by atoms with Crippen LogP contribution in [-0.4, -0.2) is 0 Å². The highest BCUT2D eigenvalue weighted by molar-refractivity contribution is 9.09. The molecule has 0 saturated carbocycles. The van der Waals surface area contributed by atoms with Crippen LogP contribution in [-0.2, 0) is 6.42 Å². The normalized spacial score (nSPS) is 12.5. The van der Waals surface area contributed by atoms with E-state index in [1.165, 1.54) is 12.1 Å². The van der Waals surface area contributed by atoms with E-state index in [0.717, 1.165) is 5.56 Å². The Hall–Kier alpha value is -0.930. The molecule has 4 heteroatoms. The highest BCUT2D eigenvalue weighted by Gasteiger charge is 2.15. The van der Waals surface area contributed by atoms with Crippen molar-refractivity contribution in [1.82, 2.24) is 0 Å². The van der Waals surface area contributed by atoms with E-state index in [2.05, 4.69) is 15.9 Å². The summed E-state index contributed by atoms with van der Waals surface area (Å²) < 4.78 is 27.2. The van der Waals surface area contributed by atoms with E-state index in [9.17, 15) is 8.78 Å². The van der Waals surface area contributed by atoms with Crippen molar-refractivity contribution in [2.75, 3.05) is 0 Å². The van der Waals surface area contributed by atoms with Gasteiger partial charge in [-0.25, -0.2) is 8.78 Å². The molecule has 0 aliphatic heterocycles. The lowest BCUT2D eigenvalue weighted by molar-refractivity contribution is 0.606. The predicted molar refractivity (Wildman–Crippen MR) is 77.9 cm³/mol. The first-order valence-electron chi connectivity index (χ1n) is 5.82. The van der Waals surface area contributed by atoms with Crippen LogP contribution >= 0.6 is 27.5 Å². The summed E-state index contributed by atoms with van der Waals surface area (Å²) in [4.78, 5) is -0.183. The summed E-state index contributed by atoms with van der Waals surface area (Å²) in [6.07, 6.45) is 0.369. The summed E-state index contributed by atoms with van der Waals surface area (Å²) >= 11 is 9.44. The van der Waals surface area contributed by atoms with Gasteiger partial charge in [0.1, 0.15) is 11.6 Å². The fourth-order valence-corrected chi connectivity index (χ4v) is 2.68. The topological polar surface area (TPSA) is 0 Å². The van der Waals surface area contributed by atoms with Gasteiger partial charge in [0.05, 0.1) is 0 Å². The van der Waals surface area contributed by atoms with Crippen molar-refractivity contribution in [3.63, 3.8) is 0 Å². The van der Waals surface area contributed by atoms with E-state index in [1.807, 2.05) is 6.07 Å². The lowest BCUT2D eigenvalue weighted by Crippen LogP contribution is -2.00. The minimum Gasteiger partial charge on any atom is -0.207 e. The van der Waals surface area contributed by atoms with Gasteiger partial charge in [0, 0.05) is 15.4 Å². The van der Waals surface area contributed by atoms with Crippen LogP contribution in [0, 0.1) is 18.6 Å². The van der Waals surface area contributed by atoms with Crippen molar-refractivity contribution in [3.8, 4) is 0 Å². The van der Waals surface area contributed by atoms with Gasteiger partial charge < -0.3 is 0 Å². The average Bonchev–Trinajstić information content (AvgIpc) is 2.37. The minimum atomic E-state index is -0.343. The zero-order chi connectivity index (χ0) is 14.0. The molecular formula is C15H12BrClF2. The maximum absolute atomic E-state index is 13.7. The van der Waals surface area contributed by atoms with E-state index in [4.69, 9.17) is 11.6 Å². The summed E-state index contributed by atoms with van der Waals surface area (Å²) in [5.41, 5.74) is 1.79. The number of hydrogen-bond donors (Lipinski definition) is 0. The number of rotatable bonds is 3. The molecule has 0 aliphatic carbocycles. The highest BCUT2D eigenvalue weighted by atomic mass is 79.9. The molecule has 0 fully saturated rings. The van der Waals surface area contributed by atoms with Gasteiger partial charge in [-0.15, -0.1) is 0 Å². The second-order valence-corrected chi connectivity index (χ2v) is 5.89. The molecule has 2 rings (SSSR count). The fraction of sp³-hybridized carbons (Fsp3) is 0.200. The van der Waals surface area contributed by atoms with E-state index < -0.39 is 0 Å². The molecule has 0 N–H and O–H groups in total. The lowest BCUT2D eigenvalue weighted by Gasteiger charge is -2.13. The smallest absolute Gasteiger partial charge is 0.127 e. The molecule has 0 bridgehead atoms. The van der Waals surface area contributed by atoms with Crippen LogP contribution in [0.1, 0.15) is 21.5 Å². The molecule has 1 atom stereocenters. The maximum atomic E-state index is 13.7. The molecule has 2 aromatic rings. The van der Waals surface area contributed by atoms with Crippen LogP contribution < -0.4 is 0 Å². The van der Waals surface area contributed by atoms with Gasteiger partial charge in [-0.3, -0.25) is 0 Å². The number of benzene rings is 2. The lowest BCUT2D eigenvalue weighted by atomic mass is 10.0. The quantitative estimate of drug-likeness (QED) is 0.635. The van der Waals surface area contributed by atoms with Crippen LogP contribution in [0.4, 0.5) is 8.78 Å². The second kappa shape index (κ2) is 6.02. The van der Waals surface area contributed by atoms with E-state index in [-0.39, 0.29) is 16.5 Å². The number of hydrogen-bond acceptors (Lipinski definition) is 0. The van der Waals surface area contributed by atoms with Gasteiger partial charge in [-0.1, -0.05) is 45.7 Å². The molecule has 1 unspecified atom stereocenters. The van der Waals surface area contributed by atoms with Crippen molar-refractivity contribution in [2.45, 2.75) is 18.2 Å². The summed E-state index contributed by atoms with van der Waals surface area (Å²) in [7, 11) is 0. The summed E-state index contributed by atoms with van der Waals surface area (Å²) in [6.45, 7) is 1.70. The van der Waals surface area contributed by atoms with Crippen molar-refractivity contribution in [2.24, 2.45) is 0 Å².